The highest BCUT2D eigenvalue weighted by Crippen LogP contribution is 2.23. The molecule has 0 bridgehead atoms. The molecule has 0 aliphatic heterocycles. The third kappa shape index (κ3) is 2.25. The average molecular weight is 264 g/mol. The van der Waals surface area contributed by atoms with E-state index in [0.717, 1.165) is 10.8 Å². The van der Waals surface area contributed by atoms with E-state index in [1.54, 1.807) is 0 Å². The number of aromatic nitrogens is 3. The first-order chi connectivity index (χ1) is 8.72. The predicted molar refractivity (Wildman–Crippen MR) is 72.4 cm³/mol. The van der Waals surface area contributed by atoms with Crippen LogP contribution in [0.15, 0.2) is 10.9 Å². The van der Waals surface area contributed by atoms with Crippen molar-refractivity contribution in [2.75, 3.05) is 5.32 Å². The zero-order chi connectivity index (χ0) is 12.5. The molecule has 5 nitrogen and oxygen atoms in total. The van der Waals surface area contributed by atoms with Gasteiger partial charge in [-0.05, 0) is 19.8 Å². The van der Waals surface area contributed by atoms with Gasteiger partial charge in [0, 0.05) is 17.8 Å². The lowest BCUT2D eigenvalue weighted by atomic mass is 9.96. The van der Waals surface area contributed by atoms with Gasteiger partial charge in [-0.15, -0.1) is 5.10 Å². The summed E-state index contributed by atoms with van der Waals surface area (Å²) in [5, 5.41) is 8.52. The fourth-order valence-electron chi connectivity index (χ4n) is 2.40. The molecule has 2 aromatic heterocycles. The molecule has 1 saturated carbocycles. The monoisotopic (exact) mass is 264 g/mol. The van der Waals surface area contributed by atoms with Gasteiger partial charge in [0.05, 0.1) is 0 Å². The summed E-state index contributed by atoms with van der Waals surface area (Å²) in [5.74, 6) is 0. The van der Waals surface area contributed by atoms with Crippen molar-refractivity contribution in [3.8, 4) is 0 Å². The smallest absolute Gasteiger partial charge is 0.275 e. The van der Waals surface area contributed by atoms with Gasteiger partial charge in [-0.25, -0.2) is 4.98 Å². The van der Waals surface area contributed by atoms with Crippen LogP contribution in [0.25, 0.3) is 4.96 Å². The molecule has 0 radical (unpaired) electrons. The molecule has 2 aromatic rings. The number of nitrogens with one attached hydrogen (secondary N) is 1. The summed E-state index contributed by atoms with van der Waals surface area (Å²) in [6, 6.07) is 2.01. The summed E-state index contributed by atoms with van der Waals surface area (Å²) in [7, 11) is 0. The maximum absolute atomic E-state index is 11.7. The molecule has 6 heteroatoms. The van der Waals surface area contributed by atoms with Gasteiger partial charge >= 0.3 is 0 Å². The number of rotatable bonds is 2. The summed E-state index contributed by atoms with van der Waals surface area (Å²) in [6.07, 6.45) is 6.27. The summed E-state index contributed by atoms with van der Waals surface area (Å²) in [5.41, 5.74) is 0.637. The van der Waals surface area contributed by atoms with E-state index in [1.807, 2.05) is 6.92 Å². The predicted octanol–water partition coefficient (Wildman–Crippen LogP) is 2.20. The molecule has 0 spiro atoms. The molecule has 1 aliphatic carbocycles. The highest BCUT2D eigenvalue weighted by molar-refractivity contribution is 7.20. The molecule has 2 heterocycles. The Kier molecular flexibility index (Phi) is 3.03. The molecule has 0 unspecified atom stereocenters. The summed E-state index contributed by atoms with van der Waals surface area (Å²) in [6.45, 7) is 1.83. The number of hydrogen-bond acceptors (Lipinski definition) is 5. The second-order valence-corrected chi connectivity index (χ2v) is 5.77. The lowest BCUT2D eigenvalue weighted by Gasteiger charge is -2.21. The van der Waals surface area contributed by atoms with Gasteiger partial charge in [0.25, 0.3) is 5.56 Å². The molecule has 0 amide bonds. The Balaban J connectivity index is 1.88. The maximum atomic E-state index is 11.7. The zero-order valence-electron chi connectivity index (χ0n) is 10.3. The van der Waals surface area contributed by atoms with Crippen LogP contribution in [0.1, 0.15) is 37.8 Å². The molecular formula is C12H16N4OS. The van der Waals surface area contributed by atoms with Crippen molar-refractivity contribution >= 4 is 21.4 Å². The van der Waals surface area contributed by atoms with E-state index in [4.69, 9.17) is 0 Å². The van der Waals surface area contributed by atoms with Gasteiger partial charge in [-0.3, -0.25) is 4.79 Å². The summed E-state index contributed by atoms with van der Waals surface area (Å²) < 4.78 is 1.38. The van der Waals surface area contributed by atoms with Crippen LogP contribution in [-0.2, 0) is 0 Å². The molecule has 0 aromatic carbocycles. The largest absolute Gasteiger partial charge is 0.357 e. The van der Waals surface area contributed by atoms with Crippen LogP contribution < -0.4 is 10.9 Å². The van der Waals surface area contributed by atoms with Crippen LogP contribution in [0.2, 0.25) is 0 Å². The summed E-state index contributed by atoms with van der Waals surface area (Å²) in [4.78, 5) is 16.7. The van der Waals surface area contributed by atoms with Crippen LogP contribution >= 0.6 is 11.3 Å². The van der Waals surface area contributed by atoms with E-state index in [0.29, 0.717) is 11.0 Å². The third-order valence-corrected chi connectivity index (χ3v) is 4.15. The number of hydrogen-bond donors (Lipinski definition) is 1. The minimum absolute atomic E-state index is 0.106. The third-order valence-electron chi connectivity index (χ3n) is 3.31. The van der Waals surface area contributed by atoms with Gasteiger partial charge in [0.1, 0.15) is 0 Å². The Morgan fingerprint density at radius 2 is 2.17 bits per heavy atom. The Hall–Kier alpha value is -1.43. The molecule has 0 atom stereocenters. The summed E-state index contributed by atoms with van der Waals surface area (Å²) >= 11 is 1.45. The van der Waals surface area contributed by atoms with Crippen molar-refractivity contribution in [3.63, 3.8) is 0 Å². The van der Waals surface area contributed by atoms with Crippen molar-refractivity contribution in [1.82, 2.24) is 14.6 Å². The molecule has 1 fully saturated rings. The molecule has 18 heavy (non-hydrogen) atoms. The molecule has 1 aliphatic rings. The highest BCUT2D eigenvalue weighted by Gasteiger charge is 2.15. The first-order valence-corrected chi connectivity index (χ1v) is 7.18. The first-order valence-electron chi connectivity index (χ1n) is 6.36. The highest BCUT2D eigenvalue weighted by atomic mass is 32.1. The van der Waals surface area contributed by atoms with Crippen molar-refractivity contribution in [2.24, 2.45) is 0 Å². The van der Waals surface area contributed by atoms with Gasteiger partial charge in [-0.2, -0.15) is 4.52 Å². The second kappa shape index (κ2) is 4.68. The van der Waals surface area contributed by atoms with E-state index in [1.165, 1.54) is 54.0 Å². The normalized spacial score (nSPS) is 17.2. The van der Waals surface area contributed by atoms with E-state index in [-0.39, 0.29) is 5.56 Å². The molecule has 0 saturated heterocycles. The van der Waals surface area contributed by atoms with Crippen molar-refractivity contribution in [1.29, 1.82) is 0 Å². The Labute approximate surface area is 109 Å². The number of nitrogens with zero attached hydrogens (tertiary/aromatic N) is 3. The van der Waals surface area contributed by atoms with Crippen LogP contribution in [0.4, 0.5) is 5.13 Å². The quantitative estimate of drug-likeness (QED) is 0.903. The van der Waals surface area contributed by atoms with Crippen molar-refractivity contribution in [3.05, 3.63) is 22.1 Å². The standard InChI is InChI=1S/C12H16N4OS/c1-8-7-10(17)16-12(13-8)18-11(15-16)14-9-5-3-2-4-6-9/h7,9H,2-6H2,1H3,(H,14,15). The second-order valence-electron chi connectivity index (χ2n) is 4.82. The van der Waals surface area contributed by atoms with Crippen LogP contribution in [0, 0.1) is 6.92 Å². The lowest BCUT2D eigenvalue weighted by molar-refractivity contribution is 0.462. The van der Waals surface area contributed by atoms with Crippen LogP contribution in [0.3, 0.4) is 0 Å². The molecule has 1 N–H and O–H groups in total. The number of anilines is 1. The van der Waals surface area contributed by atoms with E-state index in [2.05, 4.69) is 15.4 Å². The van der Waals surface area contributed by atoms with Gasteiger partial charge < -0.3 is 5.32 Å². The van der Waals surface area contributed by atoms with Crippen LogP contribution in [0.5, 0.6) is 0 Å². The van der Waals surface area contributed by atoms with E-state index >= 15 is 0 Å². The average Bonchev–Trinajstić information content (AvgIpc) is 2.73. The van der Waals surface area contributed by atoms with Crippen LogP contribution in [-0.4, -0.2) is 20.6 Å². The molecule has 3 rings (SSSR count). The topological polar surface area (TPSA) is 59.3 Å². The molecule has 96 valence electrons. The fraction of sp³-hybridized carbons (Fsp3) is 0.583. The first kappa shape index (κ1) is 11.6. The maximum Gasteiger partial charge on any atom is 0.275 e. The number of fused-ring (bicyclic) bond motifs is 1. The SMILES string of the molecule is Cc1cc(=O)n2nc(NC3CCCCC3)sc2n1. The van der Waals surface area contributed by atoms with Gasteiger partial charge in [0.15, 0.2) is 0 Å². The Morgan fingerprint density at radius 1 is 1.39 bits per heavy atom. The van der Waals surface area contributed by atoms with Crippen molar-refractivity contribution in [2.45, 2.75) is 45.1 Å². The zero-order valence-corrected chi connectivity index (χ0v) is 11.2. The number of aryl methyl sites for hydroxylation is 1. The minimum atomic E-state index is -0.106. The lowest BCUT2D eigenvalue weighted by Crippen LogP contribution is -2.22. The van der Waals surface area contributed by atoms with E-state index in [9.17, 15) is 4.79 Å². The van der Waals surface area contributed by atoms with E-state index < -0.39 is 0 Å². The van der Waals surface area contributed by atoms with Crippen molar-refractivity contribution < 1.29 is 0 Å². The minimum Gasteiger partial charge on any atom is -0.357 e. The Morgan fingerprint density at radius 3 is 2.94 bits per heavy atom. The molecular weight excluding hydrogens is 248 g/mol. The Bertz CT molecular complexity index is 612. The van der Waals surface area contributed by atoms with Gasteiger partial charge in [0.2, 0.25) is 10.1 Å². The van der Waals surface area contributed by atoms with Gasteiger partial charge in [-0.1, -0.05) is 30.6 Å². The fourth-order valence-corrected chi connectivity index (χ4v) is 3.33.